The monoisotopic (exact) mass is 614 g/mol. The standard InChI is InChI=1S/C40H71NO3/c1-3-5-7-9-11-13-15-17-19-20-22-24-26-28-30-32-34-36-40(44)41-38(37-42)39(43)35-33-31-29-27-25-23-21-18-16-14-12-10-8-6-4-2/h5,7,11,13,17,19,25,27,33,35,38-39,42-43H,3-4,6,8-10,12,14-16,18,20-24,26,28-32,34,36-37H2,1-2H3,(H,41,44)/b7-5-,13-11-,19-17-,27-25+,35-33+. The van der Waals surface area contributed by atoms with E-state index in [0.29, 0.717) is 6.42 Å². The summed E-state index contributed by atoms with van der Waals surface area (Å²) in [6.07, 6.45) is 48.7. The third kappa shape index (κ3) is 31.5. The lowest BCUT2D eigenvalue weighted by atomic mass is 10.1. The second-order valence-electron chi connectivity index (χ2n) is 12.2. The Balaban J connectivity index is 3.71. The molecule has 0 saturated heterocycles. The first kappa shape index (κ1) is 42.1. The topological polar surface area (TPSA) is 69.6 Å². The van der Waals surface area contributed by atoms with Crippen molar-refractivity contribution >= 4 is 5.91 Å². The average Bonchev–Trinajstić information content (AvgIpc) is 3.03. The van der Waals surface area contributed by atoms with Crippen molar-refractivity contribution in [3.05, 3.63) is 60.8 Å². The van der Waals surface area contributed by atoms with Crippen LogP contribution >= 0.6 is 0 Å². The van der Waals surface area contributed by atoms with Gasteiger partial charge in [0.15, 0.2) is 0 Å². The van der Waals surface area contributed by atoms with Gasteiger partial charge in [-0.1, -0.05) is 158 Å². The Morgan fingerprint density at radius 1 is 0.568 bits per heavy atom. The van der Waals surface area contributed by atoms with Crippen LogP contribution in [0.4, 0.5) is 0 Å². The fourth-order valence-corrected chi connectivity index (χ4v) is 5.15. The van der Waals surface area contributed by atoms with Crippen LogP contribution in [-0.4, -0.2) is 34.9 Å². The lowest BCUT2D eigenvalue weighted by Crippen LogP contribution is -2.45. The molecule has 4 nitrogen and oxygen atoms in total. The third-order valence-corrected chi connectivity index (χ3v) is 7.98. The van der Waals surface area contributed by atoms with Crippen LogP contribution < -0.4 is 5.32 Å². The fraction of sp³-hybridized carbons (Fsp3) is 0.725. The molecule has 0 radical (unpaired) electrons. The number of hydrogen-bond acceptors (Lipinski definition) is 3. The minimum atomic E-state index is -0.866. The molecule has 3 N–H and O–H groups in total. The van der Waals surface area contributed by atoms with Crippen LogP contribution in [0.15, 0.2) is 60.8 Å². The molecule has 4 heteroatoms. The first-order valence-electron chi connectivity index (χ1n) is 18.5. The minimum Gasteiger partial charge on any atom is -0.394 e. The van der Waals surface area contributed by atoms with Crippen molar-refractivity contribution in [1.29, 1.82) is 0 Å². The van der Waals surface area contributed by atoms with E-state index in [4.69, 9.17) is 0 Å². The molecule has 0 spiro atoms. The summed E-state index contributed by atoms with van der Waals surface area (Å²) in [5, 5.41) is 22.9. The van der Waals surface area contributed by atoms with E-state index in [2.05, 4.69) is 67.8 Å². The molecule has 0 aromatic heterocycles. The van der Waals surface area contributed by atoms with Gasteiger partial charge in [-0.3, -0.25) is 4.79 Å². The largest absolute Gasteiger partial charge is 0.394 e. The molecule has 0 aliphatic rings. The van der Waals surface area contributed by atoms with Crippen LogP contribution in [0.2, 0.25) is 0 Å². The van der Waals surface area contributed by atoms with E-state index in [0.717, 1.165) is 64.2 Å². The summed E-state index contributed by atoms with van der Waals surface area (Å²) < 4.78 is 0. The Kier molecular flexibility index (Phi) is 34.0. The van der Waals surface area contributed by atoms with Crippen molar-refractivity contribution < 1.29 is 15.0 Å². The molecular weight excluding hydrogens is 542 g/mol. The van der Waals surface area contributed by atoms with Gasteiger partial charge in [-0.15, -0.1) is 0 Å². The highest BCUT2D eigenvalue weighted by molar-refractivity contribution is 5.76. The highest BCUT2D eigenvalue weighted by Gasteiger charge is 2.17. The molecule has 1 amide bonds. The fourth-order valence-electron chi connectivity index (χ4n) is 5.15. The molecule has 0 fully saturated rings. The summed E-state index contributed by atoms with van der Waals surface area (Å²) in [6.45, 7) is 4.16. The zero-order chi connectivity index (χ0) is 32.2. The second kappa shape index (κ2) is 35.6. The smallest absolute Gasteiger partial charge is 0.220 e. The molecule has 0 aromatic carbocycles. The Morgan fingerprint density at radius 2 is 1.02 bits per heavy atom. The second-order valence-corrected chi connectivity index (χ2v) is 12.2. The van der Waals surface area contributed by atoms with Crippen LogP contribution in [0.25, 0.3) is 0 Å². The quantitative estimate of drug-likeness (QED) is 0.0522. The maximum atomic E-state index is 12.3. The molecule has 2 atom stereocenters. The predicted octanol–water partition coefficient (Wildman–Crippen LogP) is 11.0. The molecule has 0 bridgehead atoms. The highest BCUT2D eigenvalue weighted by atomic mass is 16.3. The molecule has 0 saturated carbocycles. The van der Waals surface area contributed by atoms with Crippen molar-refractivity contribution in [2.24, 2.45) is 0 Å². The summed E-state index contributed by atoms with van der Waals surface area (Å²) in [5.74, 6) is -0.0880. The van der Waals surface area contributed by atoms with Gasteiger partial charge < -0.3 is 15.5 Å². The predicted molar refractivity (Wildman–Crippen MR) is 193 cm³/mol. The zero-order valence-corrected chi connectivity index (χ0v) is 28.9. The molecular formula is C40H71NO3. The van der Waals surface area contributed by atoms with E-state index in [1.807, 2.05) is 6.08 Å². The zero-order valence-electron chi connectivity index (χ0n) is 28.9. The van der Waals surface area contributed by atoms with Gasteiger partial charge in [0, 0.05) is 6.42 Å². The van der Waals surface area contributed by atoms with Crippen molar-refractivity contribution in [1.82, 2.24) is 5.32 Å². The third-order valence-electron chi connectivity index (χ3n) is 7.98. The number of nitrogens with one attached hydrogen (secondary N) is 1. The first-order chi connectivity index (χ1) is 21.7. The molecule has 0 aliphatic heterocycles. The summed E-state index contributed by atoms with van der Waals surface area (Å²) >= 11 is 0. The Hall–Kier alpha value is -1.91. The van der Waals surface area contributed by atoms with Crippen LogP contribution in [0, 0.1) is 0 Å². The number of amides is 1. The maximum absolute atomic E-state index is 12.3. The van der Waals surface area contributed by atoms with E-state index >= 15 is 0 Å². The van der Waals surface area contributed by atoms with Crippen molar-refractivity contribution in [3.63, 3.8) is 0 Å². The average molecular weight is 614 g/mol. The molecule has 0 aliphatic carbocycles. The summed E-state index contributed by atoms with van der Waals surface area (Å²) in [5.41, 5.74) is 0. The van der Waals surface area contributed by atoms with E-state index in [9.17, 15) is 15.0 Å². The lowest BCUT2D eigenvalue weighted by Gasteiger charge is -2.19. The lowest BCUT2D eigenvalue weighted by molar-refractivity contribution is -0.123. The van der Waals surface area contributed by atoms with Gasteiger partial charge in [-0.2, -0.15) is 0 Å². The van der Waals surface area contributed by atoms with E-state index in [-0.39, 0.29) is 12.5 Å². The van der Waals surface area contributed by atoms with E-state index in [1.54, 1.807) is 6.08 Å². The number of rotatable bonds is 32. The van der Waals surface area contributed by atoms with E-state index < -0.39 is 12.1 Å². The van der Waals surface area contributed by atoms with Crippen LogP contribution in [0.3, 0.4) is 0 Å². The molecule has 254 valence electrons. The van der Waals surface area contributed by atoms with Gasteiger partial charge in [0.05, 0.1) is 18.8 Å². The summed E-state index contributed by atoms with van der Waals surface area (Å²) in [4.78, 5) is 12.3. The SMILES string of the molecule is CC/C=C\C/C=C\C/C=C\CCCCCCCCCC(=O)NC(CO)C(O)/C=C/CC/C=C/CCCCCCCCCCC. The summed E-state index contributed by atoms with van der Waals surface area (Å²) in [6, 6.07) is -0.644. The van der Waals surface area contributed by atoms with Gasteiger partial charge in [-0.25, -0.2) is 0 Å². The first-order valence-corrected chi connectivity index (χ1v) is 18.5. The Morgan fingerprint density at radius 3 is 1.59 bits per heavy atom. The van der Waals surface area contributed by atoms with Gasteiger partial charge >= 0.3 is 0 Å². The number of aliphatic hydroxyl groups is 2. The maximum Gasteiger partial charge on any atom is 0.220 e. The number of carbonyl (C=O) groups excluding carboxylic acids is 1. The number of allylic oxidation sites excluding steroid dienone is 9. The van der Waals surface area contributed by atoms with Crippen molar-refractivity contribution in [3.8, 4) is 0 Å². The van der Waals surface area contributed by atoms with Crippen LogP contribution in [0.5, 0.6) is 0 Å². The number of hydrogen-bond donors (Lipinski definition) is 3. The van der Waals surface area contributed by atoms with Gasteiger partial charge in [0.1, 0.15) is 0 Å². The van der Waals surface area contributed by atoms with Gasteiger partial charge in [0.25, 0.3) is 0 Å². The normalized spacial score (nSPS) is 13.8. The molecule has 0 rings (SSSR count). The number of aliphatic hydroxyl groups excluding tert-OH is 2. The van der Waals surface area contributed by atoms with Gasteiger partial charge in [0.2, 0.25) is 5.91 Å². The van der Waals surface area contributed by atoms with Crippen LogP contribution in [0.1, 0.15) is 168 Å². The van der Waals surface area contributed by atoms with Gasteiger partial charge in [-0.05, 0) is 64.2 Å². The van der Waals surface area contributed by atoms with Crippen molar-refractivity contribution in [2.75, 3.05) is 6.61 Å². The van der Waals surface area contributed by atoms with Crippen LogP contribution in [-0.2, 0) is 4.79 Å². The Bertz CT molecular complexity index is 752. The molecule has 0 heterocycles. The molecule has 0 aromatic rings. The highest BCUT2D eigenvalue weighted by Crippen LogP contribution is 2.12. The summed E-state index contributed by atoms with van der Waals surface area (Å²) in [7, 11) is 0. The minimum absolute atomic E-state index is 0.0880. The molecule has 44 heavy (non-hydrogen) atoms. The number of unbranched alkanes of at least 4 members (excludes halogenated alkanes) is 17. The van der Waals surface area contributed by atoms with Crippen molar-refractivity contribution in [2.45, 2.75) is 180 Å². The van der Waals surface area contributed by atoms with E-state index in [1.165, 1.54) is 83.5 Å². The Labute approximate surface area is 273 Å². The number of carbonyl (C=O) groups is 1. The molecule has 2 unspecified atom stereocenters.